The number of carbonyl (C=O) groups excluding carboxylic acids is 5. The van der Waals surface area contributed by atoms with Gasteiger partial charge in [-0.25, -0.2) is 4.79 Å². The fourth-order valence-electron chi connectivity index (χ4n) is 7.36. The minimum absolute atomic E-state index is 0.0996. The van der Waals surface area contributed by atoms with E-state index in [9.17, 15) is 24.0 Å². The van der Waals surface area contributed by atoms with Crippen molar-refractivity contribution >= 4 is 29.6 Å². The molecule has 1 aromatic rings. The maximum Gasteiger partial charge on any atom is 0.408 e. The van der Waals surface area contributed by atoms with E-state index >= 15 is 0 Å². The van der Waals surface area contributed by atoms with Gasteiger partial charge in [0.15, 0.2) is 0 Å². The molecule has 228 valence electrons. The first-order valence-electron chi connectivity index (χ1n) is 15.2. The number of nitrogens with one attached hydrogen (secondary N) is 2. The Labute approximate surface area is 247 Å². The van der Waals surface area contributed by atoms with Crippen molar-refractivity contribution in [3.05, 3.63) is 35.4 Å². The number of alkyl carbamates (subject to hydrolysis) is 1. The van der Waals surface area contributed by atoms with Crippen molar-refractivity contribution in [1.82, 2.24) is 15.5 Å². The number of nitrogens with zero attached hydrogens (tertiary/aromatic N) is 1. The van der Waals surface area contributed by atoms with Crippen LogP contribution in [0.2, 0.25) is 0 Å². The SMILES string of the molecule is CC(C)(C)OC(=O)NC(C(=O)N1CC2C(C1C(=O)N[C@@H](CC1CCC1)C(=O)C(N)=O)C2(C)C)C1Cc2ccccc2C1. The lowest BCUT2D eigenvalue weighted by molar-refractivity contribution is -0.144. The van der Waals surface area contributed by atoms with Crippen LogP contribution in [0.3, 0.4) is 0 Å². The molecule has 3 aliphatic carbocycles. The Balaban J connectivity index is 1.39. The molecule has 10 heteroatoms. The average Bonchev–Trinajstić information content (AvgIpc) is 3.25. The van der Waals surface area contributed by atoms with Gasteiger partial charge in [0.05, 0.1) is 6.04 Å². The summed E-state index contributed by atoms with van der Waals surface area (Å²) >= 11 is 0. The summed E-state index contributed by atoms with van der Waals surface area (Å²) in [5.74, 6) is -2.63. The smallest absolute Gasteiger partial charge is 0.408 e. The van der Waals surface area contributed by atoms with Gasteiger partial charge < -0.3 is 26.0 Å². The van der Waals surface area contributed by atoms with Crippen LogP contribution < -0.4 is 16.4 Å². The minimum Gasteiger partial charge on any atom is -0.444 e. The zero-order chi connectivity index (χ0) is 30.6. The standard InChI is InChI=1S/C32H44N4O6/c1-31(2,3)42-30(41)35-24(20-14-18-11-6-7-12-19(18)15-20)29(40)36-16-21-23(32(21,4)5)25(36)28(39)34-22(26(37)27(33)38)13-17-9-8-10-17/h6-7,11-12,17,20-25H,8-10,13-16H2,1-5H3,(H2,33,38)(H,34,39)(H,35,41)/t21?,22-,23?,24?,25?/m0/s1. The number of Topliss-reactive ketones (excluding diaryl/α,β-unsaturated/α-hetero) is 1. The number of fused-ring (bicyclic) bond motifs is 2. The largest absolute Gasteiger partial charge is 0.444 e. The Morgan fingerprint density at radius 1 is 1.05 bits per heavy atom. The molecule has 5 rings (SSSR count). The fourth-order valence-corrected chi connectivity index (χ4v) is 7.36. The summed E-state index contributed by atoms with van der Waals surface area (Å²) in [4.78, 5) is 67.4. The monoisotopic (exact) mass is 580 g/mol. The van der Waals surface area contributed by atoms with E-state index < -0.39 is 47.4 Å². The highest BCUT2D eigenvalue weighted by Gasteiger charge is 2.69. The summed E-state index contributed by atoms with van der Waals surface area (Å²) in [7, 11) is 0. The van der Waals surface area contributed by atoms with E-state index in [0.717, 1.165) is 30.4 Å². The molecule has 0 aromatic heterocycles. The molecule has 4 unspecified atom stereocenters. The molecule has 4 N–H and O–H groups in total. The lowest BCUT2D eigenvalue weighted by Gasteiger charge is -2.36. The van der Waals surface area contributed by atoms with Crippen molar-refractivity contribution in [2.24, 2.45) is 34.8 Å². The van der Waals surface area contributed by atoms with Crippen LogP contribution in [0.5, 0.6) is 0 Å². The molecule has 42 heavy (non-hydrogen) atoms. The topological polar surface area (TPSA) is 148 Å². The first-order valence-corrected chi connectivity index (χ1v) is 15.2. The van der Waals surface area contributed by atoms with Crippen LogP contribution in [0, 0.1) is 29.1 Å². The van der Waals surface area contributed by atoms with Gasteiger partial charge in [0.25, 0.3) is 5.91 Å². The summed E-state index contributed by atoms with van der Waals surface area (Å²) in [6.45, 7) is 9.82. The minimum atomic E-state index is -1.08. The maximum absolute atomic E-state index is 14.4. The molecule has 0 spiro atoms. The molecule has 1 heterocycles. The molecule has 0 radical (unpaired) electrons. The van der Waals surface area contributed by atoms with E-state index in [1.807, 2.05) is 24.3 Å². The summed E-state index contributed by atoms with van der Waals surface area (Å²) < 4.78 is 5.53. The van der Waals surface area contributed by atoms with E-state index in [-0.39, 0.29) is 35.0 Å². The Morgan fingerprint density at radius 3 is 2.19 bits per heavy atom. The van der Waals surface area contributed by atoms with Crippen molar-refractivity contribution in [2.75, 3.05) is 6.54 Å². The van der Waals surface area contributed by atoms with Crippen molar-refractivity contribution in [3.63, 3.8) is 0 Å². The van der Waals surface area contributed by atoms with Gasteiger partial charge in [-0.05, 0) is 80.2 Å². The fraction of sp³-hybridized carbons (Fsp3) is 0.656. The van der Waals surface area contributed by atoms with E-state index in [1.165, 1.54) is 0 Å². The quantitative estimate of drug-likeness (QED) is 0.383. The van der Waals surface area contributed by atoms with Gasteiger partial charge in [0.2, 0.25) is 17.6 Å². The van der Waals surface area contributed by atoms with Crippen molar-refractivity contribution in [1.29, 1.82) is 0 Å². The average molecular weight is 581 g/mol. The number of rotatable bonds is 9. The molecule has 1 saturated heterocycles. The van der Waals surface area contributed by atoms with Crippen LogP contribution in [0.25, 0.3) is 0 Å². The molecule has 10 nitrogen and oxygen atoms in total. The van der Waals surface area contributed by atoms with Gasteiger partial charge in [-0.1, -0.05) is 57.4 Å². The number of amides is 4. The molecule has 0 bridgehead atoms. The first-order chi connectivity index (χ1) is 19.7. The Bertz CT molecular complexity index is 1260. The van der Waals surface area contributed by atoms with Gasteiger partial charge in [0.1, 0.15) is 17.7 Å². The van der Waals surface area contributed by atoms with E-state index in [2.05, 4.69) is 24.5 Å². The van der Waals surface area contributed by atoms with Crippen molar-refractivity contribution < 1.29 is 28.7 Å². The third kappa shape index (κ3) is 5.90. The van der Waals surface area contributed by atoms with Gasteiger partial charge in [-0.15, -0.1) is 0 Å². The molecule has 2 saturated carbocycles. The molecular formula is C32H44N4O6. The number of ether oxygens (including phenoxy) is 1. The molecule has 4 aliphatic rings. The maximum atomic E-state index is 14.4. The normalized spacial score (nSPS) is 25.8. The first kappa shape index (κ1) is 30.0. The summed E-state index contributed by atoms with van der Waals surface area (Å²) in [5, 5.41) is 5.67. The lowest BCUT2D eigenvalue weighted by Crippen LogP contribution is -2.60. The Morgan fingerprint density at radius 2 is 1.67 bits per heavy atom. The Kier molecular flexibility index (Phi) is 7.87. The predicted octanol–water partition coefficient (Wildman–Crippen LogP) is 2.51. The number of carbonyl (C=O) groups is 5. The van der Waals surface area contributed by atoms with Crippen LogP contribution in [0.15, 0.2) is 24.3 Å². The van der Waals surface area contributed by atoms with E-state index in [1.54, 1.807) is 25.7 Å². The second-order valence-electron chi connectivity index (χ2n) is 14.3. The van der Waals surface area contributed by atoms with Gasteiger partial charge >= 0.3 is 6.09 Å². The zero-order valence-corrected chi connectivity index (χ0v) is 25.3. The zero-order valence-electron chi connectivity index (χ0n) is 25.3. The number of hydrogen-bond acceptors (Lipinski definition) is 6. The number of ketones is 1. The summed E-state index contributed by atoms with van der Waals surface area (Å²) in [5.41, 5.74) is 6.69. The second-order valence-corrected chi connectivity index (χ2v) is 14.3. The van der Waals surface area contributed by atoms with Gasteiger partial charge in [0, 0.05) is 6.54 Å². The molecule has 3 fully saturated rings. The third-order valence-electron chi connectivity index (χ3n) is 9.92. The highest BCUT2D eigenvalue weighted by Crippen LogP contribution is 2.65. The van der Waals surface area contributed by atoms with Crippen LogP contribution in [0.4, 0.5) is 4.79 Å². The van der Waals surface area contributed by atoms with E-state index in [0.29, 0.717) is 25.8 Å². The number of benzene rings is 1. The lowest BCUT2D eigenvalue weighted by atomic mass is 9.80. The molecule has 4 amide bonds. The third-order valence-corrected chi connectivity index (χ3v) is 9.92. The van der Waals surface area contributed by atoms with Gasteiger partial charge in [-0.2, -0.15) is 0 Å². The van der Waals surface area contributed by atoms with Crippen LogP contribution in [-0.2, 0) is 36.8 Å². The molecule has 1 aromatic carbocycles. The second kappa shape index (κ2) is 11.0. The predicted molar refractivity (Wildman–Crippen MR) is 155 cm³/mol. The Hall–Kier alpha value is -3.43. The van der Waals surface area contributed by atoms with E-state index in [4.69, 9.17) is 10.5 Å². The van der Waals surface area contributed by atoms with Gasteiger partial charge in [-0.3, -0.25) is 19.2 Å². The molecular weight excluding hydrogens is 536 g/mol. The van der Waals surface area contributed by atoms with Crippen molar-refractivity contribution in [2.45, 2.75) is 96.9 Å². The number of primary amides is 1. The number of nitrogens with two attached hydrogens (primary N) is 1. The highest BCUT2D eigenvalue weighted by atomic mass is 16.6. The van der Waals surface area contributed by atoms with Crippen LogP contribution in [-0.4, -0.2) is 64.8 Å². The number of piperidine rings is 1. The van der Waals surface area contributed by atoms with Crippen LogP contribution >= 0.6 is 0 Å². The van der Waals surface area contributed by atoms with Crippen LogP contribution in [0.1, 0.15) is 71.4 Å². The number of hydrogen-bond donors (Lipinski definition) is 3. The van der Waals surface area contributed by atoms with Crippen molar-refractivity contribution in [3.8, 4) is 0 Å². The highest BCUT2D eigenvalue weighted by molar-refractivity contribution is 6.37. The molecule has 5 atom stereocenters. The molecule has 1 aliphatic heterocycles. The number of likely N-dealkylation sites (tertiary alicyclic amines) is 1. The summed E-state index contributed by atoms with van der Waals surface area (Å²) in [6, 6.07) is 5.25. The summed E-state index contributed by atoms with van der Waals surface area (Å²) in [6.07, 6.45) is 3.82.